The van der Waals surface area contributed by atoms with Crippen molar-refractivity contribution < 1.29 is 4.79 Å². The lowest BCUT2D eigenvalue weighted by Crippen LogP contribution is -2.02. The Kier molecular flexibility index (Phi) is 4.43. The maximum absolute atomic E-state index is 11.5. The van der Waals surface area contributed by atoms with Crippen LogP contribution in [0.3, 0.4) is 0 Å². The number of Topliss-reactive ketones (excluding diaryl/α,β-unsaturated/α-hetero) is 1. The van der Waals surface area contributed by atoms with Crippen LogP contribution in [-0.4, -0.2) is 5.78 Å². The van der Waals surface area contributed by atoms with Crippen molar-refractivity contribution in [3.8, 4) is 11.8 Å². The number of nitrogens with two attached hydrogens (primary N) is 1. The van der Waals surface area contributed by atoms with E-state index in [-0.39, 0.29) is 5.78 Å². The minimum absolute atomic E-state index is 0.225. The van der Waals surface area contributed by atoms with Crippen LogP contribution in [0.5, 0.6) is 0 Å². The predicted octanol–water partition coefficient (Wildman–Crippen LogP) is 2.18. The van der Waals surface area contributed by atoms with Crippen molar-refractivity contribution >= 4 is 11.5 Å². The Bertz CT molecular complexity index is 381. The Morgan fingerprint density at radius 2 is 2.00 bits per heavy atom. The van der Waals surface area contributed by atoms with Crippen molar-refractivity contribution in [1.29, 1.82) is 0 Å². The first-order chi connectivity index (χ1) is 7.22. The molecule has 0 fully saturated rings. The second-order valence-corrected chi connectivity index (χ2v) is 3.38. The number of carbonyl (C=O) groups is 1. The highest BCUT2D eigenvalue weighted by Gasteiger charge is 2.02. The smallest absolute Gasteiger partial charge is 0.138 e. The van der Waals surface area contributed by atoms with E-state index >= 15 is 0 Å². The van der Waals surface area contributed by atoms with Crippen LogP contribution in [0.25, 0.3) is 0 Å². The van der Waals surface area contributed by atoms with Crippen molar-refractivity contribution in [2.45, 2.75) is 26.2 Å². The molecule has 0 heterocycles. The van der Waals surface area contributed by atoms with Gasteiger partial charge in [0.15, 0.2) is 0 Å². The minimum atomic E-state index is 0.225. The number of carbonyl (C=O) groups excluding carboxylic acids is 1. The second-order valence-electron chi connectivity index (χ2n) is 3.38. The van der Waals surface area contributed by atoms with Gasteiger partial charge in [-0.15, -0.1) is 11.8 Å². The van der Waals surface area contributed by atoms with E-state index in [0.717, 1.165) is 11.3 Å². The second kappa shape index (κ2) is 5.87. The first-order valence-electron chi connectivity index (χ1n) is 4.98. The lowest BCUT2D eigenvalue weighted by atomic mass is 10.1. The summed E-state index contributed by atoms with van der Waals surface area (Å²) in [5, 5.41) is 0. The SMILES string of the molecule is CC#CCCC(=O)Cc1ccc(N)cc1. The zero-order valence-electron chi connectivity index (χ0n) is 8.92. The average molecular weight is 201 g/mol. The summed E-state index contributed by atoms with van der Waals surface area (Å²) < 4.78 is 0. The van der Waals surface area contributed by atoms with Gasteiger partial charge in [0.05, 0.1) is 0 Å². The molecule has 0 unspecified atom stereocenters. The fraction of sp³-hybridized carbons (Fsp3) is 0.308. The number of rotatable bonds is 4. The Balaban J connectivity index is 2.43. The van der Waals surface area contributed by atoms with Gasteiger partial charge in [-0.05, 0) is 24.6 Å². The predicted molar refractivity (Wildman–Crippen MR) is 62.2 cm³/mol. The fourth-order valence-corrected chi connectivity index (χ4v) is 1.28. The van der Waals surface area contributed by atoms with E-state index in [2.05, 4.69) is 11.8 Å². The summed E-state index contributed by atoms with van der Waals surface area (Å²) in [6.07, 6.45) is 1.67. The Morgan fingerprint density at radius 3 is 2.60 bits per heavy atom. The van der Waals surface area contributed by atoms with Gasteiger partial charge < -0.3 is 5.73 Å². The van der Waals surface area contributed by atoms with Gasteiger partial charge in [-0.2, -0.15) is 0 Å². The largest absolute Gasteiger partial charge is 0.399 e. The summed E-state index contributed by atoms with van der Waals surface area (Å²) in [7, 11) is 0. The van der Waals surface area contributed by atoms with Crippen LogP contribution in [0.4, 0.5) is 5.69 Å². The molecule has 0 aromatic heterocycles. The van der Waals surface area contributed by atoms with Crippen molar-refractivity contribution in [3.05, 3.63) is 29.8 Å². The summed E-state index contributed by atoms with van der Waals surface area (Å²) >= 11 is 0. The van der Waals surface area contributed by atoms with E-state index in [1.807, 2.05) is 24.3 Å². The van der Waals surface area contributed by atoms with Gasteiger partial charge in [0, 0.05) is 24.9 Å². The van der Waals surface area contributed by atoms with Crippen molar-refractivity contribution in [2.75, 3.05) is 5.73 Å². The third-order valence-corrected chi connectivity index (χ3v) is 2.09. The molecule has 0 aliphatic rings. The van der Waals surface area contributed by atoms with Crippen molar-refractivity contribution in [1.82, 2.24) is 0 Å². The van der Waals surface area contributed by atoms with Gasteiger partial charge in [0.2, 0.25) is 0 Å². The molecule has 0 bridgehead atoms. The van der Waals surface area contributed by atoms with E-state index in [0.29, 0.717) is 19.3 Å². The zero-order valence-corrected chi connectivity index (χ0v) is 8.92. The average Bonchev–Trinajstić information content (AvgIpc) is 2.22. The van der Waals surface area contributed by atoms with E-state index in [1.165, 1.54) is 0 Å². The molecule has 0 aliphatic carbocycles. The minimum Gasteiger partial charge on any atom is -0.399 e. The highest BCUT2D eigenvalue weighted by Crippen LogP contribution is 2.07. The molecular formula is C13H15NO. The number of nitrogen functional groups attached to an aromatic ring is 1. The number of ketones is 1. The molecule has 0 spiro atoms. The third kappa shape index (κ3) is 4.33. The number of hydrogen-bond acceptors (Lipinski definition) is 2. The van der Waals surface area contributed by atoms with Gasteiger partial charge in [0.1, 0.15) is 5.78 Å². The van der Waals surface area contributed by atoms with Crippen LogP contribution in [0.15, 0.2) is 24.3 Å². The molecule has 0 atom stereocenters. The van der Waals surface area contributed by atoms with E-state index in [9.17, 15) is 4.79 Å². The molecule has 0 saturated carbocycles. The molecule has 0 saturated heterocycles. The molecule has 15 heavy (non-hydrogen) atoms. The van der Waals surface area contributed by atoms with Crippen LogP contribution in [0, 0.1) is 11.8 Å². The van der Waals surface area contributed by atoms with E-state index in [4.69, 9.17) is 5.73 Å². The maximum Gasteiger partial charge on any atom is 0.138 e. The Hall–Kier alpha value is -1.75. The molecule has 1 rings (SSSR count). The fourth-order valence-electron chi connectivity index (χ4n) is 1.28. The summed E-state index contributed by atoms with van der Waals surface area (Å²) in [4.78, 5) is 11.5. The van der Waals surface area contributed by atoms with Gasteiger partial charge in [-0.3, -0.25) is 4.79 Å². The molecule has 2 heteroatoms. The lowest BCUT2D eigenvalue weighted by molar-refractivity contribution is -0.118. The normalized spacial score (nSPS) is 9.13. The molecule has 0 aliphatic heterocycles. The quantitative estimate of drug-likeness (QED) is 0.599. The summed E-state index contributed by atoms with van der Waals surface area (Å²) in [6.45, 7) is 1.78. The highest BCUT2D eigenvalue weighted by atomic mass is 16.1. The molecule has 1 aromatic carbocycles. The van der Waals surface area contributed by atoms with Gasteiger partial charge in [0.25, 0.3) is 0 Å². The molecule has 0 amide bonds. The monoisotopic (exact) mass is 201 g/mol. The van der Waals surface area contributed by atoms with Gasteiger partial charge in [-0.1, -0.05) is 12.1 Å². The van der Waals surface area contributed by atoms with E-state index in [1.54, 1.807) is 6.92 Å². The van der Waals surface area contributed by atoms with Gasteiger partial charge in [-0.25, -0.2) is 0 Å². The van der Waals surface area contributed by atoms with Crippen molar-refractivity contribution in [3.63, 3.8) is 0 Å². The zero-order chi connectivity index (χ0) is 11.1. The first-order valence-corrected chi connectivity index (χ1v) is 4.98. The molecular weight excluding hydrogens is 186 g/mol. The topological polar surface area (TPSA) is 43.1 Å². The molecule has 2 N–H and O–H groups in total. The summed E-state index contributed by atoms with van der Waals surface area (Å²) in [6, 6.07) is 7.40. The van der Waals surface area contributed by atoms with Crippen LogP contribution in [0.1, 0.15) is 25.3 Å². The molecule has 1 aromatic rings. The number of anilines is 1. The number of benzene rings is 1. The van der Waals surface area contributed by atoms with Crippen molar-refractivity contribution in [2.24, 2.45) is 0 Å². The van der Waals surface area contributed by atoms with E-state index < -0.39 is 0 Å². The molecule has 2 nitrogen and oxygen atoms in total. The van der Waals surface area contributed by atoms with Crippen LogP contribution in [0.2, 0.25) is 0 Å². The lowest BCUT2D eigenvalue weighted by Gasteiger charge is -2.00. The van der Waals surface area contributed by atoms with Crippen LogP contribution < -0.4 is 5.73 Å². The Labute approximate surface area is 90.5 Å². The third-order valence-electron chi connectivity index (χ3n) is 2.09. The standard InChI is InChI=1S/C13H15NO/c1-2-3-4-5-13(15)10-11-6-8-12(14)9-7-11/h6-9H,4-5,10,14H2,1H3. The van der Waals surface area contributed by atoms with Gasteiger partial charge >= 0.3 is 0 Å². The summed E-state index contributed by atoms with van der Waals surface area (Å²) in [5.41, 5.74) is 7.29. The highest BCUT2D eigenvalue weighted by molar-refractivity contribution is 5.81. The number of hydrogen-bond donors (Lipinski definition) is 1. The molecule has 0 radical (unpaired) electrons. The van der Waals surface area contributed by atoms with Crippen LogP contribution >= 0.6 is 0 Å². The first kappa shape index (κ1) is 11.3. The molecule has 78 valence electrons. The van der Waals surface area contributed by atoms with Crippen LogP contribution in [-0.2, 0) is 11.2 Å². The summed E-state index contributed by atoms with van der Waals surface area (Å²) in [5.74, 6) is 5.88. The Morgan fingerprint density at radius 1 is 1.33 bits per heavy atom. The maximum atomic E-state index is 11.5.